The monoisotopic (exact) mass is 460 g/mol. The highest BCUT2D eigenvalue weighted by atomic mass is 16.5. The molecule has 3 rings (SSSR count). The van der Waals surface area contributed by atoms with Crippen LogP contribution in [-0.2, 0) is 33.2 Å². The van der Waals surface area contributed by atoms with Crippen molar-refractivity contribution in [3.8, 4) is 0 Å². The summed E-state index contributed by atoms with van der Waals surface area (Å²) in [6.07, 6.45) is 4.73. The lowest BCUT2D eigenvalue weighted by Crippen LogP contribution is -2.47. The van der Waals surface area contributed by atoms with Gasteiger partial charge in [-0.3, -0.25) is 33.2 Å². The first-order valence-electron chi connectivity index (χ1n) is 10.7. The zero-order valence-electron chi connectivity index (χ0n) is 19.1. The van der Waals surface area contributed by atoms with E-state index in [0.717, 1.165) is 14.0 Å². The number of aromatic nitrogens is 2. The maximum absolute atomic E-state index is 13.0. The number of esters is 1. The number of likely N-dealkylation sites (tertiary alicyclic amines) is 1. The lowest BCUT2D eigenvalue weighted by molar-refractivity contribution is -0.158. The summed E-state index contributed by atoms with van der Waals surface area (Å²) in [6.45, 7) is 2.84. The van der Waals surface area contributed by atoms with Gasteiger partial charge in [-0.05, 0) is 25.2 Å². The van der Waals surface area contributed by atoms with Crippen LogP contribution >= 0.6 is 0 Å². The van der Waals surface area contributed by atoms with Crippen molar-refractivity contribution in [2.75, 3.05) is 12.3 Å². The Kier molecular flexibility index (Phi) is 6.71. The van der Waals surface area contributed by atoms with Crippen LogP contribution < -0.4 is 17.0 Å². The highest BCUT2D eigenvalue weighted by Gasteiger charge is 2.51. The van der Waals surface area contributed by atoms with Gasteiger partial charge < -0.3 is 10.5 Å². The number of rotatable bonds is 7. The van der Waals surface area contributed by atoms with Crippen LogP contribution in [0, 0.1) is 17.8 Å². The highest BCUT2D eigenvalue weighted by Crippen LogP contribution is 2.37. The smallest absolute Gasteiger partial charge is 0.332 e. The number of nitrogens with zero attached hydrogens (tertiary/aromatic N) is 3. The summed E-state index contributed by atoms with van der Waals surface area (Å²) >= 11 is 0. The van der Waals surface area contributed by atoms with E-state index in [-0.39, 0.29) is 18.2 Å². The topological polar surface area (TPSA) is 151 Å². The molecule has 0 spiro atoms. The Labute approximate surface area is 189 Å². The molecule has 0 aromatic carbocycles. The van der Waals surface area contributed by atoms with Gasteiger partial charge >= 0.3 is 11.7 Å². The van der Waals surface area contributed by atoms with Gasteiger partial charge in [-0.1, -0.05) is 26.0 Å². The fourth-order valence-corrected chi connectivity index (χ4v) is 4.31. The van der Waals surface area contributed by atoms with E-state index >= 15 is 0 Å². The summed E-state index contributed by atoms with van der Waals surface area (Å²) in [5.41, 5.74) is 3.69. The van der Waals surface area contributed by atoms with Crippen LogP contribution in [0.15, 0.2) is 21.7 Å². The molecule has 0 radical (unpaired) electrons. The fraction of sp³-hybridized carbons (Fsp3) is 0.545. The molecule has 1 aromatic rings. The van der Waals surface area contributed by atoms with Crippen molar-refractivity contribution in [3.05, 3.63) is 38.6 Å². The number of imide groups is 1. The number of Topliss-reactive ketones (excluding diaryl/α,β-unsaturated/α-hetero) is 1. The number of nitrogen functional groups attached to an aromatic ring is 1. The van der Waals surface area contributed by atoms with E-state index in [4.69, 9.17) is 10.5 Å². The summed E-state index contributed by atoms with van der Waals surface area (Å²) in [5, 5.41) is 0. The third kappa shape index (κ3) is 4.27. The second kappa shape index (κ2) is 9.16. The van der Waals surface area contributed by atoms with Gasteiger partial charge in [0.25, 0.3) is 5.56 Å². The number of ether oxygens (including phenoxy) is 1. The molecule has 1 fully saturated rings. The van der Waals surface area contributed by atoms with Gasteiger partial charge in [0.05, 0.1) is 11.8 Å². The molecule has 1 aromatic heterocycles. The van der Waals surface area contributed by atoms with Crippen molar-refractivity contribution in [1.82, 2.24) is 14.0 Å². The lowest BCUT2D eigenvalue weighted by atomic mass is 9.85. The number of carbonyl (C=O) groups excluding carboxylic acids is 4. The maximum Gasteiger partial charge on any atom is 0.332 e. The van der Waals surface area contributed by atoms with Crippen molar-refractivity contribution in [1.29, 1.82) is 0 Å². The van der Waals surface area contributed by atoms with Crippen molar-refractivity contribution in [2.45, 2.75) is 39.2 Å². The molecular weight excluding hydrogens is 432 g/mol. The van der Waals surface area contributed by atoms with Crippen molar-refractivity contribution in [3.63, 3.8) is 0 Å². The highest BCUT2D eigenvalue weighted by molar-refractivity contribution is 6.08. The van der Waals surface area contributed by atoms with Crippen molar-refractivity contribution >= 4 is 29.4 Å². The molecule has 11 heteroatoms. The second-order valence-electron chi connectivity index (χ2n) is 8.84. The SMILES string of the molecule is CC(C)C[C@@H](C(=O)OCC(=O)c1c(N)n(C)c(=O)n(C)c1=O)N1C(=O)[C@H]2CC=CC[C@@H]2C1=O. The molecule has 0 bridgehead atoms. The van der Waals surface area contributed by atoms with Crippen LogP contribution in [0.25, 0.3) is 0 Å². The predicted molar refractivity (Wildman–Crippen MR) is 117 cm³/mol. The van der Waals surface area contributed by atoms with Gasteiger partial charge in [0.15, 0.2) is 6.61 Å². The minimum absolute atomic E-state index is 0.0498. The molecule has 1 saturated heterocycles. The Morgan fingerprint density at radius 3 is 2.09 bits per heavy atom. The first-order valence-corrected chi connectivity index (χ1v) is 10.7. The summed E-state index contributed by atoms with van der Waals surface area (Å²) in [4.78, 5) is 76.8. The van der Waals surface area contributed by atoms with Crippen LogP contribution in [0.5, 0.6) is 0 Å². The molecule has 178 valence electrons. The third-order valence-electron chi connectivity index (χ3n) is 6.15. The standard InChI is InChI=1S/C22H28N4O7/c1-11(2)9-14(26-18(28)12-7-5-6-8-13(12)19(26)29)21(31)33-10-15(27)16-17(23)24(3)22(32)25(4)20(16)30/h5-6,11-14H,7-10,23H2,1-4H3/t12-,13-,14-/m0/s1. The van der Waals surface area contributed by atoms with Gasteiger partial charge in [0.1, 0.15) is 17.4 Å². The number of fused-ring (bicyclic) bond motifs is 1. The lowest BCUT2D eigenvalue weighted by Gasteiger charge is -2.26. The van der Waals surface area contributed by atoms with Gasteiger partial charge in [-0.2, -0.15) is 0 Å². The Bertz CT molecular complexity index is 1130. The predicted octanol–water partition coefficient (Wildman–Crippen LogP) is -0.242. The molecule has 2 aliphatic rings. The minimum atomic E-state index is -1.18. The minimum Gasteiger partial charge on any atom is -0.456 e. The van der Waals surface area contributed by atoms with E-state index in [1.165, 1.54) is 14.1 Å². The van der Waals surface area contributed by atoms with Crippen LogP contribution in [0.1, 0.15) is 43.5 Å². The molecule has 0 saturated carbocycles. The normalized spacial score (nSPS) is 20.8. The third-order valence-corrected chi connectivity index (χ3v) is 6.15. The van der Waals surface area contributed by atoms with E-state index in [9.17, 15) is 28.8 Å². The van der Waals surface area contributed by atoms with Gasteiger partial charge in [-0.15, -0.1) is 0 Å². The van der Waals surface area contributed by atoms with Crippen LogP contribution in [0.4, 0.5) is 5.82 Å². The number of nitrogens with two attached hydrogens (primary N) is 1. The maximum atomic E-state index is 13.0. The number of allylic oxidation sites excluding steroid dienone is 2. The van der Waals surface area contributed by atoms with Crippen molar-refractivity contribution in [2.24, 2.45) is 31.8 Å². The number of hydrogen-bond acceptors (Lipinski definition) is 8. The molecule has 2 N–H and O–H groups in total. The molecule has 11 nitrogen and oxygen atoms in total. The van der Waals surface area contributed by atoms with E-state index in [1.54, 1.807) is 0 Å². The molecule has 3 atom stereocenters. The first-order chi connectivity index (χ1) is 15.5. The number of amides is 2. The average molecular weight is 460 g/mol. The molecule has 2 amide bonds. The van der Waals surface area contributed by atoms with Gasteiger partial charge in [0.2, 0.25) is 17.6 Å². The van der Waals surface area contributed by atoms with E-state index in [0.29, 0.717) is 12.8 Å². The summed E-state index contributed by atoms with van der Waals surface area (Å²) in [6, 6.07) is -1.18. The Balaban J connectivity index is 1.82. The fourth-order valence-electron chi connectivity index (χ4n) is 4.31. The number of anilines is 1. The molecule has 1 aliphatic carbocycles. The van der Waals surface area contributed by atoms with E-state index in [1.807, 2.05) is 26.0 Å². The van der Waals surface area contributed by atoms with Gasteiger partial charge in [0, 0.05) is 14.1 Å². The summed E-state index contributed by atoms with van der Waals surface area (Å²) in [7, 11) is 2.50. The molecule has 33 heavy (non-hydrogen) atoms. The molecule has 1 aliphatic heterocycles. The first kappa shape index (κ1) is 24.1. The van der Waals surface area contributed by atoms with Crippen LogP contribution in [0.3, 0.4) is 0 Å². The average Bonchev–Trinajstić information content (AvgIpc) is 3.03. The van der Waals surface area contributed by atoms with Gasteiger partial charge in [-0.25, -0.2) is 9.59 Å². The zero-order chi connectivity index (χ0) is 24.6. The van der Waals surface area contributed by atoms with E-state index < -0.39 is 64.9 Å². The Hall–Kier alpha value is -3.50. The number of ketones is 1. The number of hydrogen-bond donors (Lipinski definition) is 1. The zero-order valence-corrected chi connectivity index (χ0v) is 19.1. The number of carbonyl (C=O) groups is 4. The second-order valence-corrected chi connectivity index (χ2v) is 8.84. The molecule has 2 heterocycles. The molecule has 0 unspecified atom stereocenters. The molecular formula is C22H28N4O7. The van der Waals surface area contributed by atoms with E-state index in [2.05, 4.69) is 0 Å². The van der Waals surface area contributed by atoms with Crippen LogP contribution in [0.2, 0.25) is 0 Å². The van der Waals surface area contributed by atoms with Crippen molar-refractivity contribution < 1.29 is 23.9 Å². The summed E-state index contributed by atoms with van der Waals surface area (Å²) in [5.74, 6) is -4.03. The quantitative estimate of drug-likeness (QED) is 0.253. The Morgan fingerprint density at radius 1 is 1.03 bits per heavy atom. The largest absolute Gasteiger partial charge is 0.456 e. The summed E-state index contributed by atoms with van der Waals surface area (Å²) < 4.78 is 6.83. The van der Waals surface area contributed by atoms with Crippen LogP contribution in [-0.4, -0.2) is 50.2 Å². The Morgan fingerprint density at radius 2 is 1.58 bits per heavy atom.